The molecule has 1 aliphatic rings. The van der Waals surface area contributed by atoms with Gasteiger partial charge in [0.25, 0.3) is 0 Å². The zero-order chi connectivity index (χ0) is 14.5. The molecular formula is C16H32N2O. The summed E-state index contributed by atoms with van der Waals surface area (Å²) in [7, 11) is 0. The number of amides is 1. The van der Waals surface area contributed by atoms with Gasteiger partial charge in [-0.3, -0.25) is 4.79 Å². The molecular weight excluding hydrogens is 236 g/mol. The molecule has 1 saturated carbocycles. The molecule has 0 heterocycles. The van der Waals surface area contributed by atoms with Gasteiger partial charge in [0.05, 0.1) is 0 Å². The van der Waals surface area contributed by atoms with E-state index in [-0.39, 0.29) is 23.4 Å². The minimum Gasteiger partial charge on any atom is -0.353 e. The zero-order valence-electron chi connectivity index (χ0n) is 13.2. The summed E-state index contributed by atoms with van der Waals surface area (Å²) in [6, 6.07) is 0.214. The molecule has 0 saturated heterocycles. The fraction of sp³-hybridized carbons (Fsp3) is 0.938. The first kappa shape index (κ1) is 16.5. The summed E-state index contributed by atoms with van der Waals surface area (Å²) in [6.45, 7) is 8.40. The van der Waals surface area contributed by atoms with Gasteiger partial charge in [-0.15, -0.1) is 0 Å². The maximum atomic E-state index is 12.0. The van der Waals surface area contributed by atoms with Gasteiger partial charge in [-0.25, -0.2) is 0 Å². The normalized spacial score (nSPS) is 21.5. The highest BCUT2D eigenvalue weighted by Crippen LogP contribution is 2.25. The largest absolute Gasteiger partial charge is 0.353 e. The Bertz CT molecular complexity index is 275. The number of hydrogen-bond acceptors (Lipinski definition) is 2. The van der Waals surface area contributed by atoms with Crippen LogP contribution in [-0.4, -0.2) is 18.0 Å². The highest BCUT2D eigenvalue weighted by molar-refractivity contribution is 5.77. The number of carbonyl (C=O) groups excluding carboxylic acids is 1. The minimum absolute atomic E-state index is 0.0110. The van der Waals surface area contributed by atoms with Crippen molar-refractivity contribution in [2.45, 2.75) is 84.7 Å². The van der Waals surface area contributed by atoms with Gasteiger partial charge in [-0.05, 0) is 31.1 Å². The summed E-state index contributed by atoms with van der Waals surface area (Å²) >= 11 is 0. The first-order valence-electron chi connectivity index (χ1n) is 7.85. The lowest BCUT2D eigenvalue weighted by Crippen LogP contribution is -2.44. The van der Waals surface area contributed by atoms with E-state index < -0.39 is 0 Å². The van der Waals surface area contributed by atoms with E-state index in [2.05, 4.69) is 33.0 Å². The summed E-state index contributed by atoms with van der Waals surface area (Å²) in [5, 5.41) is 3.16. The molecule has 1 unspecified atom stereocenters. The molecule has 1 amide bonds. The van der Waals surface area contributed by atoms with Crippen LogP contribution < -0.4 is 11.1 Å². The molecule has 1 rings (SSSR count). The topological polar surface area (TPSA) is 55.1 Å². The monoisotopic (exact) mass is 268 g/mol. The van der Waals surface area contributed by atoms with Crippen molar-refractivity contribution in [3.8, 4) is 0 Å². The smallest absolute Gasteiger partial charge is 0.221 e. The lowest BCUT2D eigenvalue weighted by molar-refractivity contribution is -0.122. The van der Waals surface area contributed by atoms with Crippen molar-refractivity contribution in [3.05, 3.63) is 0 Å². The maximum absolute atomic E-state index is 12.0. The van der Waals surface area contributed by atoms with Gasteiger partial charge in [0.2, 0.25) is 5.91 Å². The highest BCUT2D eigenvalue weighted by Gasteiger charge is 2.25. The maximum Gasteiger partial charge on any atom is 0.221 e. The van der Waals surface area contributed by atoms with Crippen molar-refractivity contribution in [2.75, 3.05) is 0 Å². The third-order valence-corrected chi connectivity index (χ3v) is 4.51. The highest BCUT2D eigenvalue weighted by atomic mass is 16.1. The predicted molar refractivity (Wildman–Crippen MR) is 80.8 cm³/mol. The molecule has 0 bridgehead atoms. The molecule has 3 nitrogen and oxygen atoms in total. The molecule has 3 heteroatoms. The number of rotatable bonds is 4. The molecule has 112 valence electrons. The van der Waals surface area contributed by atoms with E-state index >= 15 is 0 Å². The van der Waals surface area contributed by atoms with Crippen LogP contribution in [0.15, 0.2) is 0 Å². The number of nitrogens with two attached hydrogens (primary N) is 1. The van der Waals surface area contributed by atoms with E-state index in [4.69, 9.17) is 5.73 Å². The third kappa shape index (κ3) is 5.94. The Morgan fingerprint density at radius 1 is 1.21 bits per heavy atom. The molecule has 0 aromatic rings. The molecule has 1 fully saturated rings. The van der Waals surface area contributed by atoms with Crippen LogP contribution in [-0.2, 0) is 4.79 Å². The lowest BCUT2D eigenvalue weighted by atomic mass is 9.85. The molecule has 1 aliphatic carbocycles. The number of hydrogen-bond donors (Lipinski definition) is 2. The Morgan fingerprint density at radius 2 is 1.74 bits per heavy atom. The number of nitrogens with one attached hydrogen (secondary N) is 1. The van der Waals surface area contributed by atoms with Gasteiger partial charge in [0.15, 0.2) is 0 Å². The Balaban J connectivity index is 2.38. The van der Waals surface area contributed by atoms with Crippen LogP contribution in [0.5, 0.6) is 0 Å². The van der Waals surface area contributed by atoms with E-state index in [0.29, 0.717) is 12.3 Å². The lowest BCUT2D eigenvalue weighted by Gasteiger charge is -2.28. The van der Waals surface area contributed by atoms with Crippen molar-refractivity contribution in [1.29, 1.82) is 0 Å². The second-order valence-corrected chi connectivity index (χ2v) is 7.28. The molecule has 3 N–H and O–H groups in total. The van der Waals surface area contributed by atoms with E-state index in [9.17, 15) is 4.79 Å². The van der Waals surface area contributed by atoms with Crippen molar-refractivity contribution in [1.82, 2.24) is 5.32 Å². The Morgan fingerprint density at radius 3 is 2.21 bits per heavy atom. The quantitative estimate of drug-likeness (QED) is 0.769. The van der Waals surface area contributed by atoms with Gasteiger partial charge >= 0.3 is 0 Å². The molecule has 0 aliphatic heterocycles. The van der Waals surface area contributed by atoms with Crippen LogP contribution in [0.1, 0.15) is 72.6 Å². The van der Waals surface area contributed by atoms with Gasteiger partial charge in [-0.1, -0.05) is 46.5 Å². The molecule has 0 spiro atoms. The summed E-state index contributed by atoms with van der Waals surface area (Å²) in [5.41, 5.74) is 6.06. The Labute approximate surface area is 118 Å². The van der Waals surface area contributed by atoms with Crippen LogP contribution in [0, 0.1) is 11.3 Å². The predicted octanol–water partition coefficient (Wildman–Crippen LogP) is 3.23. The van der Waals surface area contributed by atoms with Crippen molar-refractivity contribution >= 4 is 5.91 Å². The first-order chi connectivity index (χ1) is 8.80. The van der Waals surface area contributed by atoms with Gasteiger partial charge in [-0.2, -0.15) is 0 Å². The van der Waals surface area contributed by atoms with Crippen LogP contribution >= 0.6 is 0 Å². The summed E-state index contributed by atoms with van der Waals surface area (Å²) < 4.78 is 0. The fourth-order valence-corrected chi connectivity index (χ4v) is 2.75. The Hall–Kier alpha value is -0.570. The van der Waals surface area contributed by atoms with Crippen LogP contribution in [0.2, 0.25) is 0 Å². The molecule has 0 aromatic heterocycles. The van der Waals surface area contributed by atoms with Gasteiger partial charge < -0.3 is 11.1 Å². The summed E-state index contributed by atoms with van der Waals surface area (Å²) in [4.78, 5) is 12.0. The van der Waals surface area contributed by atoms with Crippen molar-refractivity contribution < 1.29 is 4.79 Å². The van der Waals surface area contributed by atoms with Crippen LogP contribution in [0.4, 0.5) is 0 Å². The second kappa shape index (κ2) is 7.28. The van der Waals surface area contributed by atoms with Crippen molar-refractivity contribution in [2.24, 2.45) is 17.1 Å². The number of carbonyl (C=O) groups is 1. The molecule has 2 atom stereocenters. The first-order valence-corrected chi connectivity index (χ1v) is 7.85. The molecule has 0 radical (unpaired) electrons. The van der Waals surface area contributed by atoms with Crippen LogP contribution in [0.25, 0.3) is 0 Å². The Kier molecular flexibility index (Phi) is 6.31. The SMILES string of the molecule is C[C@H](NC(=O)CC(N)C(C)(C)C)C1CCCCCC1. The van der Waals surface area contributed by atoms with Gasteiger partial charge in [0.1, 0.15) is 0 Å². The zero-order valence-corrected chi connectivity index (χ0v) is 13.2. The van der Waals surface area contributed by atoms with E-state index in [1.165, 1.54) is 38.5 Å². The summed E-state index contributed by atoms with van der Waals surface area (Å²) in [5.74, 6) is 0.761. The molecule has 19 heavy (non-hydrogen) atoms. The average molecular weight is 268 g/mol. The van der Waals surface area contributed by atoms with Crippen molar-refractivity contribution in [3.63, 3.8) is 0 Å². The van der Waals surface area contributed by atoms with Gasteiger partial charge in [0, 0.05) is 18.5 Å². The van der Waals surface area contributed by atoms with E-state index in [1.54, 1.807) is 0 Å². The standard InChI is InChI=1S/C16H32N2O/c1-12(13-9-7-5-6-8-10-13)18-15(19)11-14(17)16(2,3)4/h12-14H,5-11,17H2,1-4H3,(H,18,19)/t12-,14?/m0/s1. The van der Waals surface area contributed by atoms with E-state index in [0.717, 1.165) is 0 Å². The van der Waals surface area contributed by atoms with Crippen LogP contribution in [0.3, 0.4) is 0 Å². The fourth-order valence-electron chi connectivity index (χ4n) is 2.75. The molecule has 0 aromatic carbocycles. The van der Waals surface area contributed by atoms with E-state index in [1.807, 2.05) is 0 Å². The second-order valence-electron chi connectivity index (χ2n) is 7.28. The average Bonchev–Trinajstić information content (AvgIpc) is 2.55. The minimum atomic E-state index is -0.0752. The third-order valence-electron chi connectivity index (χ3n) is 4.51. The summed E-state index contributed by atoms with van der Waals surface area (Å²) in [6.07, 6.45) is 8.27.